The van der Waals surface area contributed by atoms with Crippen molar-refractivity contribution in [2.45, 2.75) is 26.3 Å². The molecule has 39 heavy (non-hydrogen) atoms. The summed E-state index contributed by atoms with van der Waals surface area (Å²) in [7, 11) is 0. The predicted molar refractivity (Wildman–Crippen MR) is 159 cm³/mol. The number of piperazine rings is 1. The lowest BCUT2D eigenvalue weighted by Crippen LogP contribution is -2.56. The van der Waals surface area contributed by atoms with Crippen molar-refractivity contribution in [2.24, 2.45) is 0 Å². The summed E-state index contributed by atoms with van der Waals surface area (Å²) in [6.45, 7) is 5.10. The Labute approximate surface area is 248 Å². The maximum Gasteiger partial charge on any atom is 0.322 e. The van der Waals surface area contributed by atoms with Gasteiger partial charge in [0.2, 0.25) is 5.13 Å². The van der Waals surface area contributed by atoms with Gasteiger partial charge in [0, 0.05) is 41.1 Å². The molecule has 0 saturated carbocycles. The minimum absolute atomic E-state index is 0.104. The molecule has 1 N–H and O–H groups in total. The molecule has 8 nitrogen and oxygen atoms in total. The second-order valence-electron chi connectivity index (χ2n) is 9.12. The van der Waals surface area contributed by atoms with Gasteiger partial charge >= 0.3 is 6.03 Å². The van der Waals surface area contributed by atoms with Crippen LogP contribution in [0.15, 0.2) is 58.5 Å². The molecule has 0 spiro atoms. The average Bonchev–Trinajstić information content (AvgIpc) is 3.58. The molecule has 1 aliphatic rings. The Balaban J connectivity index is 1.29. The van der Waals surface area contributed by atoms with Crippen molar-refractivity contribution in [3.8, 4) is 16.4 Å². The average molecular weight is 648 g/mol. The molecule has 0 aliphatic carbocycles. The van der Waals surface area contributed by atoms with Crippen LogP contribution in [-0.2, 0) is 6.42 Å². The van der Waals surface area contributed by atoms with Gasteiger partial charge in [-0.1, -0.05) is 64.3 Å². The SMILES string of the molecule is CCc1c(C(=O)N2CCN(C(=O)Nc3cccc(Cl)c3Cl)C(C)C2)cnn1-c1nc(-c2ccc(Br)cc2)cs1. The Hall–Kier alpha value is -2.92. The summed E-state index contributed by atoms with van der Waals surface area (Å²) in [6.07, 6.45) is 2.24. The zero-order chi connectivity index (χ0) is 27.7. The topological polar surface area (TPSA) is 83.4 Å². The number of anilines is 1. The number of rotatable bonds is 5. The quantitative estimate of drug-likeness (QED) is 0.253. The van der Waals surface area contributed by atoms with Crippen LogP contribution >= 0.6 is 50.5 Å². The largest absolute Gasteiger partial charge is 0.335 e. The number of carbonyl (C=O) groups is 2. The van der Waals surface area contributed by atoms with Gasteiger partial charge in [-0.05, 0) is 37.6 Å². The number of thiazole rings is 1. The molecule has 4 aromatic rings. The number of benzene rings is 2. The standard InChI is InChI=1S/C27H25BrCl2N6O2S/c1-3-23-19(13-31-36(23)27-33-22(15-39-27)17-7-9-18(28)10-8-17)25(37)34-11-12-35(16(2)14-34)26(38)32-21-6-4-5-20(29)24(21)30/h4-10,13,15-16H,3,11-12,14H2,1-2H3,(H,32,38). The van der Waals surface area contributed by atoms with Crippen LogP contribution in [0.4, 0.5) is 10.5 Å². The van der Waals surface area contributed by atoms with Gasteiger partial charge in [0.15, 0.2) is 0 Å². The van der Waals surface area contributed by atoms with Gasteiger partial charge < -0.3 is 15.1 Å². The fourth-order valence-electron chi connectivity index (χ4n) is 4.57. The first kappa shape index (κ1) is 27.6. The summed E-state index contributed by atoms with van der Waals surface area (Å²) in [5, 5.41) is 10.7. The van der Waals surface area contributed by atoms with E-state index >= 15 is 0 Å². The number of aromatic nitrogens is 3. The third-order valence-electron chi connectivity index (χ3n) is 6.62. The second kappa shape index (κ2) is 11.7. The Morgan fingerprint density at radius 1 is 1.15 bits per heavy atom. The summed E-state index contributed by atoms with van der Waals surface area (Å²) in [6, 6.07) is 12.6. The summed E-state index contributed by atoms with van der Waals surface area (Å²) >= 11 is 17.2. The highest BCUT2D eigenvalue weighted by Crippen LogP contribution is 2.30. The Morgan fingerprint density at radius 3 is 2.64 bits per heavy atom. The van der Waals surface area contributed by atoms with E-state index in [-0.39, 0.29) is 18.0 Å². The Kier molecular flexibility index (Phi) is 8.27. The first-order valence-corrected chi connectivity index (χ1v) is 14.8. The first-order chi connectivity index (χ1) is 18.8. The molecule has 1 fully saturated rings. The third kappa shape index (κ3) is 5.70. The Morgan fingerprint density at radius 2 is 1.92 bits per heavy atom. The van der Waals surface area contributed by atoms with Crippen LogP contribution in [0, 0.1) is 0 Å². The first-order valence-electron chi connectivity index (χ1n) is 12.4. The Bertz CT molecular complexity index is 1520. The van der Waals surface area contributed by atoms with Gasteiger partial charge in [0.1, 0.15) is 0 Å². The molecule has 1 atom stereocenters. The van der Waals surface area contributed by atoms with Gasteiger partial charge in [-0.2, -0.15) is 5.10 Å². The monoisotopic (exact) mass is 646 g/mol. The number of amides is 3. The van der Waals surface area contributed by atoms with Crippen LogP contribution in [0.25, 0.3) is 16.4 Å². The van der Waals surface area contributed by atoms with Crippen LogP contribution in [0.2, 0.25) is 10.0 Å². The second-order valence-corrected chi connectivity index (χ2v) is 11.7. The molecule has 1 aliphatic heterocycles. The molecular weight excluding hydrogens is 623 g/mol. The number of halogens is 3. The van der Waals surface area contributed by atoms with Crippen molar-refractivity contribution in [2.75, 3.05) is 25.0 Å². The van der Waals surface area contributed by atoms with E-state index in [4.69, 9.17) is 28.2 Å². The van der Waals surface area contributed by atoms with Crippen molar-refractivity contribution in [1.29, 1.82) is 0 Å². The summed E-state index contributed by atoms with van der Waals surface area (Å²) in [5.74, 6) is -0.104. The number of nitrogens with zero attached hydrogens (tertiary/aromatic N) is 5. The summed E-state index contributed by atoms with van der Waals surface area (Å²) in [4.78, 5) is 34.8. The highest BCUT2D eigenvalue weighted by atomic mass is 79.9. The molecule has 3 heterocycles. The highest BCUT2D eigenvalue weighted by Gasteiger charge is 2.32. The van der Waals surface area contributed by atoms with Crippen LogP contribution < -0.4 is 5.32 Å². The molecule has 202 valence electrons. The predicted octanol–water partition coefficient (Wildman–Crippen LogP) is 7.01. The molecule has 2 aromatic heterocycles. The van der Waals surface area contributed by atoms with Crippen LogP contribution in [0.5, 0.6) is 0 Å². The summed E-state index contributed by atoms with van der Waals surface area (Å²) < 4.78 is 2.76. The maximum atomic E-state index is 13.6. The van der Waals surface area contributed by atoms with E-state index in [1.54, 1.807) is 38.9 Å². The van der Waals surface area contributed by atoms with E-state index in [1.165, 1.54) is 11.3 Å². The van der Waals surface area contributed by atoms with Crippen molar-refractivity contribution in [3.05, 3.63) is 79.8 Å². The molecule has 3 amide bonds. The smallest absolute Gasteiger partial charge is 0.322 e. The molecule has 2 aromatic carbocycles. The highest BCUT2D eigenvalue weighted by molar-refractivity contribution is 9.10. The van der Waals surface area contributed by atoms with Gasteiger partial charge in [0.25, 0.3) is 5.91 Å². The number of nitrogens with one attached hydrogen (secondary N) is 1. The number of carbonyl (C=O) groups excluding carboxylic acids is 2. The molecule has 0 bridgehead atoms. The van der Waals surface area contributed by atoms with E-state index in [0.717, 1.165) is 21.4 Å². The molecule has 1 saturated heterocycles. The normalized spacial score (nSPS) is 15.5. The summed E-state index contributed by atoms with van der Waals surface area (Å²) in [5.41, 5.74) is 3.67. The fraction of sp³-hybridized carbons (Fsp3) is 0.259. The van der Waals surface area contributed by atoms with Gasteiger partial charge in [-0.25, -0.2) is 14.5 Å². The van der Waals surface area contributed by atoms with E-state index in [9.17, 15) is 9.59 Å². The number of hydrogen-bond donors (Lipinski definition) is 1. The van der Waals surface area contributed by atoms with Crippen molar-refractivity contribution in [1.82, 2.24) is 24.6 Å². The molecule has 5 rings (SSSR count). The van der Waals surface area contributed by atoms with Crippen molar-refractivity contribution >= 4 is 68.1 Å². The zero-order valence-corrected chi connectivity index (χ0v) is 25.1. The molecule has 0 radical (unpaired) electrons. The van der Waals surface area contributed by atoms with Crippen LogP contribution in [0.3, 0.4) is 0 Å². The number of hydrogen-bond acceptors (Lipinski definition) is 5. The van der Waals surface area contributed by atoms with Crippen LogP contribution in [-0.4, -0.2) is 62.2 Å². The number of urea groups is 1. The van der Waals surface area contributed by atoms with Crippen LogP contribution in [0.1, 0.15) is 29.9 Å². The van der Waals surface area contributed by atoms with E-state index in [1.807, 2.05) is 43.5 Å². The van der Waals surface area contributed by atoms with Gasteiger partial charge in [0.05, 0.1) is 38.9 Å². The van der Waals surface area contributed by atoms with Gasteiger partial charge in [-0.3, -0.25) is 4.79 Å². The maximum absolute atomic E-state index is 13.6. The zero-order valence-electron chi connectivity index (χ0n) is 21.2. The third-order valence-corrected chi connectivity index (χ3v) is 8.78. The lowest BCUT2D eigenvalue weighted by atomic mass is 10.1. The van der Waals surface area contributed by atoms with Gasteiger partial charge in [-0.15, -0.1) is 11.3 Å². The molecular formula is C27H25BrCl2N6O2S. The van der Waals surface area contributed by atoms with Crippen molar-refractivity contribution in [3.63, 3.8) is 0 Å². The van der Waals surface area contributed by atoms with Crippen molar-refractivity contribution < 1.29 is 9.59 Å². The lowest BCUT2D eigenvalue weighted by molar-refractivity contribution is 0.0591. The minimum Gasteiger partial charge on any atom is -0.335 e. The minimum atomic E-state index is -0.286. The molecule has 12 heteroatoms. The van der Waals surface area contributed by atoms with E-state index in [2.05, 4.69) is 26.3 Å². The molecule has 1 unspecified atom stereocenters. The fourth-order valence-corrected chi connectivity index (χ4v) is 6.00. The lowest BCUT2D eigenvalue weighted by Gasteiger charge is -2.39. The van der Waals surface area contributed by atoms with E-state index in [0.29, 0.717) is 52.5 Å². The van der Waals surface area contributed by atoms with E-state index < -0.39 is 0 Å².